The van der Waals surface area contributed by atoms with E-state index in [1.54, 1.807) is 35.1 Å². The molecule has 1 saturated heterocycles. The number of rotatable bonds is 4. The predicted molar refractivity (Wildman–Crippen MR) is 175 cm³/mol. The van der Waals surface area contributed by atoms with E-state index < -0.39 is 44.2 Å². The zero-order valence-corrected chi connectivity index (χ0v) is 37.2. The summed E-state index contributed by atoms with van der Waals surface area (Å²) < 4.78 is 50.6. The number of hydrogen-bond donors (Lipinski definition) is 1. The normalized spacial score (nSPS) is 13.5. The summed E-state index contributed by atoms with van der Waals surface area (Å²) >= 11 is 0. The van der Waals surface area contributed by atoms with Gasteiger partial charge < -0.3 is 36.2 Å². The van der Waals surface area contributed by atoms with E-state index in [0.717, 1.165) is 25.2 Å². The van der Waals surface area contributed by atoms with Crippen LogP contribution in [0.25, 0.3) is 0 Å². The van der Waals surface area contributed by atoms with Gasteiger partial charge in [0, 0.05) is 38.3 Å². The summed E-state index contributed by atoms with van der Waals surface area (Å²) in [6.07, 6.45) is 1.17. The largest absolute Gasteiger partial charge is 1.00 e. The molecule has 0 bridgehead atoms. The van der Waals surface area contributed by atoms with Crippen molar-refractivity contribution in [3.05, 3.63) is 74.1 Å². The Kier molecular flexibility index (Phi) is 25.9. The summed E-state index contributed by atoms with van der Waals surface area (Å²) in [4.78, 5) is 57.2. The van der Waals surface area contributed by atoms with Gasteiger partial charge in [-0.3, -0.25) is 25.0 Å². The number of ether oxygens (including phenoxy) is 2. The molecule has 0 atom stereocenters. The first-order valence-electron chi connectivity index (χ1n) is 15.2. The fourth-order valence-electron chi connectivity index (χ4n) is 3.97. The number of anilines is 1. The SMILES string of the molecule is CC(C)(C)OC(=O)N1CCN(c2ccc([N+](=O)[O-])cc2F)CC1.CC(C)(C)OC(=O)[N+]1=CCNCC1.O=CO[O-].O=[N+]([O-])c1ccc(F)c(F)c1.[H-].[K+].[K+]. The number of carbonyl (C=O) groups is 3. The molecule has 0 aromatic heterocycles. The summed E-state index contributed by atoms with van der Waals surface area (Å²) in [6.45, 7) is 14.8. The smallest absolute Gasteiger partial charge is 1.00 e. The number of nitrogens with zero attached hydrogens (tertiary/aromatic N) is 5. The molecule has 2 heterocycles. The van der Waals surface area contributed by atoms with E-state index in [2.05, 4.69) is 10.2 Å². The number of benzene rings is 2. The average Bonchev–Trinajstić information content (AvgIpc) is 3.05. The first-order chi connectivity index (χ1) is 23.7. The molecule has 4 rings (SSSR count). The molecular formula is C31H42F3K2N6O11+. The number of non-ortho nitro benzene ring substituents is 2. The molecule has 284 valence electrons. The predicted octanol–water partition coefficient (Wildman–Crippen LogP) is -2.17. The van der Waals surface area contributed by atoms with Crippen molar-refractivity contribution in [2.75, 3.05) is 50.7 Å². The molecule has 53 heavy (non-hydrogen) atoms. The number of nitrogens with one attached hydrogen (secondary N) is 1. The van der Waals surface area contributed by atoms with Gasteiger partial charge in [0.25, 0.3) is 17.8 Å². The Labute approximate surface area is 390 Å². The number of hydrogen-bond acceptors (Lipinski definition) is 13. The van der Waals surface area contributed by atoms with Gasteiger partial charge in [0.1, 0.15) is 11.2 Å². The maximum atomic E-state index is 14.0. The number of piperazine rings is 1. The van der Waals surface area contributed by atoms with E-state index in [9.17, 15) is 43.0 Å². The monoisotopic (exact) mass is 809 g/mol. The maximum Gasteiger partial charge on any atom is 1.00 e. The fraction of sp³-hybridized carbons (Fsp3) is 0.484. The van der Waals surface area contributed by atoms with Crippen molar-refractivity contribution in [2.24, 2.45) is 0 Å². The molecule has 22 heteroatoms. The standard InChI is InChI=1S/C15H20FN3O4.C9H17N2O2.C6H3F2NO2.CH2O3.2K.H/c1-15(2,3)23-14(20)18-8-6-17(7-9-18)13-5-4-11(19(21)22)10-12(13)16;1-9(2,3)13-8(12)11-6-4-10-5-7-11;7-5-2-1-4(9(10)11)3-6(5)8;2-1-4-3;;;/h4-5,10H,6-9H2,1-3H3;6,10H,4-5,7H2,1-3H3;1-3H;1,3H;;;/q;+1;;;2*+1;-1/p-1. The number of nitro benzene ring substituents is 2. The fourth-order valence-corrected chi connectivity index (χ4v) is 3.97. The topological polar surface area (TPSA) is 210 Å². The molecule has 17 nitrogen and oxygen atoms in total. The van der Waals surface area contributed by atoms with Crippen LogP contribution in [0.5, 0.6) is 0 Å². The van der Waals surface area contributed by atoms with Gasteiger partial charge in [-0.25, -0.2) is 18.0 Å². The number of amides is 2. The zero-order valence-electron chi connectivity index (χ0n) is 31.9. The molecule has 0 saturated carbocycles. The third-order valence-electron chi connectivity index (χ3n) is 6.18. The van der Waals surface area contributed by atoms with Gasteiger partial charge in [0.15, 0.2) is 30.2 Å². The zero-order chi connectivity index (χ0) is 38.9. The van der Waals surface area contributed by atoms with Crippen LogP contribution in [-0.4, -0.2) is 101 Å². The minimum absolute atomic E-state index is 0. The summed E-state index contributed by atoms with van der Waals surface area (Å²) in [7, 11) is 0. The van der Waals surface area contributed by atoms with Gasteiger partial charge in [-0.05, 0) is 53.7 Å². The van der Waals surface area contributed by atoms with E-state index in [0.29, 0.717) is 50.5 Å². The van der Waals surface area contributed by atoms with Crippen molar-refractivity contribution in [3.63, 3.8) is 0 Å². The van der Waals surface area contributed by atoms with Crippen LogP contribution < -0.4 is 118 Å². The molecule has 2 aromatic carbocycles. The summed E-state index contributed by atoms with van der Waals surface area (Å²) in [5.41, 5.74) is -1.39. The Morgan fingerprint density at radius 3 is 1.74 bits per heavy atom. The second-order valence-corrected chi connectivity index (χ2v) is 12.5. The quantitative estimate of drug-likeness (QED) is 0.0872. The first kappa shape index (κ1) is 53.0. The third-order valence-corrected chi connectivity index (χ3v) is 6.18. The van der Waals surface area contributed by atoms with Crippen molar-refractivity contribution in [2.45, 2.75) is 52.7 Å². The Morgan fingerprint density at radius 1 is 0.849 bits per heavy atom. The van der Waals surface area contributed by atoms with Crippen molar-refractivity contribution >= 4 is 41.9 Å². The molecule has 1 N–H and O–H groups in total. The van der Waals surface area contributed by atoms with Gasteiger partial charge in [0.2, 0.25) is 0 Å². The minimum Gasteiger partial charge on any atom is -1.00 e. The second kappa shape index (κ2) is 25.9. The molecule has 0 aliphatic carbocycles. The van der Waals surface area contributed by atoms with Crippen LogP contribution in [0, 0.1) is 37.7 Å². The number of halogens is 3. The summed E-state index contributed by atoms with van der Waals surface area (Å²) in [5.74, 6) is -2.93. The first-order valence-corrected chi connectivity index (χ1v) is 15.2. The molecule has 2 aliphatic rings. The molecule has 2 aliphatic heterocycles. The van der Waals surface area contributed by atoms with E-state index >= 15 is 0 Å². The Morgan fingerprint density at radius 2 is 1.34 bits per heavy atom. The van der Waals surface area contributed by atoms with E-state index in [4.69, 9.17) is 19.5 Å². The van der Waals surface area contributed by atoms with Gasteiger partial charge in [-0.1, -0.05) is 0 Å². The van der Waals surface area contributed by atoms with Crippen molar-refractivity contribution in [3.8, 4) is 0 Å². The third kappa shape index (κ3) is 21.5. The van der Waals surface area contributed by atoms with E-state index in [1.165, 1.54) is 12.1 Å². The Bertz CT molecular complexity index is 1560. The molecule has 0 radical (unpaired) electrons. The Hall–Kier alpha value is -2.10. The van der Waals surface area contributed by atoms with Crippen LogP contribution in [-0.2, 0) is 19.2 Å². The van der Waals surface area contributed by atoms with Crippen molar-refractivity contribution in [1.82, 2.24) is 10.2 Å². The number of nitro groups is 2. The average molecular weight is 810 g/mol. The minimum atomic E-state index is -1.21. The summed E-state index contributed by atoms with van der Waals surface area (Å²) in [5, 5.41) is 32.2. The molecule has 0 unspecified atom stereocenters. The van der Waals surface area contributed by atoms with Gasteiger partial charge in [-0.2, -0.15) is 4.79 Å². The van der Waals surface area contributed by atoms with Gasteiger partial charge in [-0.15, -0.1) is 4.58 Å². The van der Waals surface area contributed by atoms with E-state index in [-0.39, 0.29) is 129 Å². The summed E-state index contributed by atoms with van der Waals surface area (Å²) in [6, 6.07) is 5.74. The number of carbonyl (C=O) groups excluding carboxylic acids is 3. The van der Waals surface area contributed by atoms with Crippen LogP contribution in [0.15, 0.2) is 36.4 Å². The molecule has 2 aromatic rings. The van der Waals surface area contributed by atoms with Crippen molar-refractivity contribution in [1.29, 1.82) is 0 Å². The van der Waals surface area contributed by atoms with Crippen LogP contribution >= 0.6 is 0 Å². The Balaban J connectivity index is -0.000000718. The maximum absolute atomic E-state index is 14.0. The molecule has 0 spiro atoms. The molecule has 1 fully saturated rings. The van der Waals surface area contributed by atoms with E-state index in [1.807, 2.05) is 27.0 Å². The van der Waals surface area contributed by atoms with Crippen LogP contribution in [0.1, 0.15) is 43.0 Å². The van der Waals surface area contributed by atoms with Gasteiger partial charge >= 0.3 is 115 Å². The molecule has 2 amide bonds. The van der Waals surface area contributed by atoms with Crippen molar-refractivity contribution < 1.29 is 166 Å². The van der Waals surface area contributed by atoms with Crippen LogP contribution in [0.2, 0.25) is 0 Å². The van der Waals surface area contributed by atoms with Crippen LogP contribution in [0.4, 0.5) is 39.8 Å². The van der Waals surface area contributed by atoms with Crippen LogP contribution in [0.3, 0.4) is 0 Å². The van der Waals surface area contributed by atoms with Gasteiger partial charge in [0.05, 0.1) is 40.8 Å². The second-order valence-electron chi connectivity index (χ2n) is 12.5. The molecular weight excluding hydrogens is 768 g/mol.